The minimum atomic E-state index is -3.42. The zero-order valence-corrected chi connectivity index (χ0v) is 15.1. The van der Waals surface area contributed by atoms with E-state index in [-0.39, 0.29) is 24.4 Å². The summed E-state index contributed by atoms with van der Waals surface area (Å²) in [5.41, 5.74) is 2.12. The van der Waals surface area contributed by atoms with Crippen LogP contribution >= 0.6 is 0 Å². The second-order valence-electron chi connectivity index (χ2n) is 5.97. The summed E-state index contributed by atoms with van der Waals surface area (Å²) in [6.45, 7) is 3.80. The molecule has 3 N–H and O–H groups in total. The third-order valence-electron chi connectivity index (χ3n) is 3.35. The number of hydrogen-bond donors (Lipinski definition) is 3. The highest BCUT2D eigenvalue weighted by atomic mass is 32.2. The first kappa shape index (κ1) is 19.0. The van der Waals surface area contributed by atoms with Crippen LogP contribution in [0.15, 0.2) is 54.6 Å². The number of carbonyl (C=O) groups is 1. The summed E-state index contributed by atoms with van der Waals surface area (Å²) in [6, 6.07) is 15.8. The fraction of sp³-hybridized carbons (Fsp3) is 0.278. The molecule has 2 rings (SSSR count). The number of benzene rings is 2. The fourth-order valence-electron chi connectivity index (χ4n) is 2.35. The molecular formula is C18H23N3O3S. The van der Waals surface area contributed by atoms with Crippen molar-refractivity contribution in [3.8, 4) is 0 Å². The molecule has 2 aromatic rings. The largest absolute Gasteiger partial charge is 0.334 e. The van der Waals surface area contributed by atoms with Crippen LogP contribution in [0.3, 0.4) is 0 Å². The average Bonchev–Trinajstić information content (AvgIpc) is 2.53. The molecule has 0 aliphatic heterocycles. The predicted octanol–water partition coefficient (Wildman–Crippen LogP) is 2.84. The molecule has 0 atom stereocenters. The van der Waals surface area contributed by atoms with Crippen molar-refractivity contribution in [1.29, 1.82) is 0 Å². The molecule has 0 fully saturated rings. The van der Waals surface area contributed by atoms with Crippen LogP contribution in [-0.2, 0) is 22.3 Å². The first-order valence-corrected chi connectivity index (χ1v) is 9.67. The lowest BCUT2D eigenvalue weighted by molar-refractivity contribution is 0.251. The molecule has 0 aliphatic carbocycles. The molecule has 0 spiro atoms. The molecule has 134 valence electrons. The maximum atomic E-state index is 12.1. The van der Waals surface area contributed by atoms with Crippen LogP contribution in [-0.4, -0.2) is 20.5 Å². The van der Waals surface area contributed by atoms with Crippen molar-refractivity contribution >= 4 is 21.7 Å². The number of hydrogen-bond acceptors (Lipinski definition) is 3. The van der Waals surface area contributed by atoms with E-state index in [2.05, 4.69) is 15.4 Å². The number of carbonyl (C=O) groups excluding carboxylic acids is 1. The lowest BCUT2D eigenvalue weighted by atomic mass is 10.1. The van der Waals surface area contributed by atoms with E-state index in [1.54, 1.807) is 38.1 Å². The van der Waals surface area contributed by atoms with Gasteiger partial charge in [0.25, 0.3) is 0 Å². The molecule has 0 aliphatic rings. The van der Waals surface area contributed by atoms with Gasteiger partial charge in [-0.05, 0) is 37.1 Å². The lowest BCUT2D eigenvalue weighted by Crippen LogP contribution is -2.32. The first-order chi connectivity index (χ1) is 11.9. The third-order valence-corrected chi connectivity index (χ3v) is 4.87. The first-order valence-electron chi connectivity index (χ1n) is 8.02. The number of nitrogens with one attached hydrogen (secondary N) is 3. The monoisotopic (exact) mass is 361 g/mol. The average molecular weight is 361 g/mol. The number of para-hydroxylation sites is 1. The van der Waals surface area contributed by atoms with Crippen molar-refractivity contribution in [3.63, 3.8) is 0 Å². The van der Waals surface area contributed by atoms with Gasteiger partial charge in [-0.1, -0.05) is 42.5 Å². The predicted molar refractivity (Wildman–Crippen MR) is 99.6 cm³/mol. The van der Waals surface area contributed by atoms with Gasteiger partial charge >= 0.3 is 6.03 Å². The summed E-state index contributed by atoms with van der Waals surface area (Å²) in [4.78, 5) is 12.0. The molecule has 0 saturated heterocycles. The highest BCUT2D eigenvalue weighted by Gasteiger charge is 2.15. The van der Waals surface area contributed by atoms with Gasteiger partial charge in [-0.3, -0.25) is 0 Å². The Kier molecular flexibility index (Phi) is 6.55. The van der Waals surface area contributed by atoms with Crippen molar-refractivity contribution in [3.05, 3.63) is 65.7 Å². The Labute approximate surface area is 148 Å². The molecule has 0 aromatic heterocycles. The molecule has 0 radical (unpaired) electrons. The Morgan fingerprint density at radius 3 is 2.20 bits per heavy atom. The minimum Gasteiger partial charge on any atom is -0.334 e. The summed E-state index contributed by atoms with van der Waals surface area (Å²) in [6.07, 6.45) is 0. The van der Waals surface area contributed by atoms with Crippen LogP contribution in [0.25, 0.3) is 0 Å². The van der Waals surface area contributed by atoms with Gasteiger partial charge in [-0.2, -0.15) is 0 Å². The molecule has 7 heteroatoms. The molecule has 2 aromatic carbocycles. The van der Waals surface area contributed by atoms with Crippen LogP contribution in [0.4, 0.5) is 10.5 Å². The van der Waals surface area contributed by atoms with E-state index in [0.29, 0.717) is 11.3 Å². The molecule has 0 bridgehead atoms. The van der Waals surface area contributed by atoms with Crippen LogP contribution < -0.4 is 15.4 Å². The van der Waals surface area contributed by atoms with Crippen molar-refractivity contribution in [2.75, 3.05) is 5.32 Å². The Hall–Kier alpha value is -2.38. The lowest BCUT2D eigenvalue weighted by Gasteiger charge is -2.13. The molecule has 6 nitrogen and oxygen atoms in total. The third kappa shape index (κ3) is 6.56. The Bertz CT molecular complexity index is 805. The Morgan fingerprint density at radius 2 is 1.56 bits per heavy atom. The minimum absolute atomic E-state index is 0.122. The van der Waals surface area contributed by atoms with Crippen LogP contribution in [0, 0.1) is 0 Å². The van der Waals surface area contributed by atoms with Crippen molar-refractivity contribution in [2.45, 2.75) is 32.2 Å². The standard InChI is InChI=1S/C18H23N3O3S/c1-14(2)21-25(23,24)13-16-9-7-6-8-15(16)12-19-18(22)20-17-10-4-3-5-11-17/h3-11,14,21H,12-13H2,1-2H3,(H2,19,20,22). The number of anilines is 1. The van der Waals surface area contributed by atoms with Crippen LogP contribution in [0.5, 0.6) is 0 Å². The molecule has 25 heavy (non-hydrogen) atoms. The van der Waals surface area contributed by atoms with Gasteiger partial charge in [0.15, 0.2) is 0 Å². The van der Waals surface area contributed by atoms with Gasteiger partial charge < -0.3 is 10.6 Å². The Balaban J connectivity index is 1.99. The molecular weight excluding hydrogens is 338 g/mol. The van der Waals surface area contributed by atoms with Gasteiger partial charge in [-0.25, -0.2) is 17.9 Å². The highest BCUT2D eigenvalue weighted by Crippen LogP contribution is 2.13. The quantitative estimate of drug-likeness (QED) is 0.709. The molecule has 0 heterocycles. The molecule has 0 unspecified atom stereocenters. The van der Waals surface area contributed by atoms with E-state index in [1.165, 1.54) is 0 Å². The smallest absolute Gasteiger partial charge is 0.319 e. The fourth-order valence-corrected chi connectivity index (χ4v) is 3.84. The highest BCUT2D eigenvalue weighted by molar-refractivity contribution is 7.88. The molecule has 2 amide bonds. The number of urea groups is 1. The summed E-state index contributed by atoms with van der Waals surface area (Å²) in [5, 5.41) is 5.47. The van der Waals surface area contributed by atoms with E-state index in [4.69, 9.17) is 0 Å². The van der Waals surface area contributed by atoms with Crippen LogP contribution in [0.1, 0.15) is 25.0 Å². The summed E-state index contributed by atoms with van der Waals surface area (Å²) in [7, 11) is -3.42. The van der Waals surface area contributed by atoms with Gasteiger partial charge in [0.2, 0.25) is 10.0 Å². The van der Waals surface area contributed by atoms with E-state index < -0.39 is 10.0 Å². The summed E-state index contributed by atoms with van der Waals surface area (Å²) in [5.74, 6) is -0.122. The summed E-state index contributed by atoms with van der Waals surface area (Å²) >= 11 is 0. The second-order valence-corrected chi connectivity index (χ2v) is 7.73. The number of sulfonamides is 1. The summed E-state index contributed by atoms with van der Waals surface area (Å²) < 4.78 is 26.8. The maximum absolute atomic E-state index is 12.1. The van der Waals surface area contributed by atoms with E-state index >= 15 is 0 Å². The van der Waals surface area contributed by atoms with E-state index in [9.17, 15) is 13.2 Å². The second kappa shape index (κ2) is 8.64. The maximum Gasteiger partial charge on any atom is 0.319 e. The zero-order chi connectivity index (χ0) is 18.3. The van der Waals surface area contributed by atoms with E-state index in [0.717, 1.165) is 5.56 Å². The van der Waals surface area contributed by atoms with E-state index in [1.807, 2.05) is 30.3 Å². The van der Waals surface area contributed by atoms with Crippen molar-refractivity contribution in [2.24, 2.45) is 0 Å². The number of rotatable bonds is 7. The molecule has 0 saturated carbocycles. The Morgan fingerprint density at radius 1 is 0.960 bits per heavy atom. The van der Waals surface area contributed by atoms with Crippen molar-refractivity contribution < 1.29 is 13.2 Å². The number of amides is 2. The van der Waals surface area contributed by atoms with Gasteiger partial charge in [0.1, 0.15) is 0 Å². The SMILES string of the molecule is CC(C)NS(=O)(=O)Cc1ccccc1CNC(=O)Nc1ccccc1. The van der Waals surface area contributed by atoms with Crippen molar-refractivity contribution in [1.82, 2.24) is 10.0 Å². The van der Waals surface area contributed by atoms with Gasteiger partial charge in [0, 0.05) is 18.3 Å². The van der Waals surface area contributed by atoms with Gasteiger partial charge in [0.05, 0.1) is 5.75 Å². The van der Waals surface area contributed by atoms with Gasteiger partial charge in [-0.15, -0.1) is 0 Å². The zero-order valence-electron chi connectivity index (χ0n) is 14.3. The normalized spacial score (nSPS) is 11.3. The topological polar surface area (TPSA) is 87.3 Å². The van der Waals surface area contributed by atoms with Crippen LogP contribution in [0.2, 0.25) is 0 Å².